The van der Waals surface area contributed by atoms with E-state index in [-0.39, 0.29) is 12.3 Å². The third-order valence-corrected chi connectivity index (χ3v) is 3.66. The first-order valence-electron chi connectivity index (χ1n) is 7.12. The molecule has 1 aromatic carbocycles. The van der Waals surface area contributed by atoms with Gasteiger partial charge in [-0.25, -0.2) is 0 Å². The number of nitrogens with zero attached hydrogens (tertiary/aromatic N) is 1. The van der Waals surface area contributed by atoms with Crippen LogP contribution in [0.25, 0.3) is 10.9 Å². The number of nitrogens with two attached hydrogens (primary N) is 2. The molecule has 122 valence electrons. The first kappa shape index (κ1) is 16.3. The SMILES string of the molecule is CNc1[nH]c2cc(N3CCCC3=O)ccc2c1C(N)=O.NC=O. The molecule has 0 atom stereocenters. The molecule has 0 radical (unpaired) electrons. The summed E-state index contributed by atoms with van der Waals surface area (Å²) in [4.78, 5) is 36.8. The summed E-state index contributed by atoms with van der Waals surface area (Å²) >= 11 is 0. The van der Waals surface area contributed by atoms with Crippen LogP contribution in [0.15, 0.2) is 18.2 Å². The van der Waals surface area contributed by atoms with Crippen LogP contribution in [-0.4, -0.2) is 36.8 Å². The van der Waals surface area contributed by atoms with Crippen LogP contribution in [-0.2, 0) is 9.59 Å². The number of fused-ring (bicyclic) bond motifs is 1. The van der Waals surface area contributed by atoms with E-state index in [1.807, 2.05) is 18.2 Å². The standard InChI is InChI=1S/C14H16N4O2.CH3NO/c1-16-14-12(13(15)20)9-5-4-8(7-10(9)17-14)18-6-2-3-11(18)19;2-1-3/h4-5,7,16-17H,2-3,6H2,1H3,(H2,15,20);1H,(H2,2,3). The van der Waals surface area contributed by atoms with E-state index in [9.17, 15) is 9.59 Å². The van der Waals surface area contributed by atoms with Gasteiger partial charge in [-0.1, -0.05) is 0 Å². The first-order valence-corrected chi connectivity index (χ1v) is 7.12. The van der Waals surface area contributed by atoms with Crippen LogP contribution in [0.1, 0.15) is 23.2 Å². The fourth-order valence-corrected chi connectivity index (χ4v) is 2.72. The van der Waals surface area contributed by atoms with Crippen LogP contribution in [0, 0.1) is 0 Å². The maximum atomic E-state index is 11.8. The molecule has 0 spiro atoms. The fraction of sp³-hybridized carbons (Fsp3) is 0.267. The second-order valence-corrected chi connectivity index (χ2v) is 5.00. The molecule has 2 aromatic rings. The van der Waals surface area contributed by atoms with Gasteiger partial charge in [0.15, 0.2) is 0 Å². The quantitative estimate of drug-likeness (QED) is 0.614. The number of anilines is 2. The average molecular weight is 317 g/mol. The third-order valence-electron chi connectivity index (χ3n) is 3.66. The molecule has 1 aromatic heterocycles. The number of benzene rings is 1. The topological polar surface area (TPSA) is 134 Å². The van der Waals surface area contributed by atoms with Crippen LogP contribution < -0.4 is 21.7 Å². The molecular formula is C15H19N5O3. The minimum atomic E-state index is -0.481. The summed E-state index contributed by atoms with van der Waals surface area (Å²) in [5, 5.41) is 3.69. The van der Waals surface area contributed by atoms with Gasteiger partial charge in [-0.05, 0) is 24.6 Å². The van der Waals surface area contributed by atoms with Crippen molar-refractivity contribution in [3.05, 3.63) is 23.8 Å². The van der Waals surface area contributed by atoms with E-state index in [0.717, 1.165) is 29.6 Å². The summed E-state index contributed by atoms with van der Waals surface area (Å²) in [6.45, 7) is 0.743. The summed E-state index contributed by atoms with van der Waals surface area (Å²) in [6.07, 6.45) is 1.73. The lowest BCUT2D eigenvalue weighted by atomic mass is 10.1. The zero-order valence-electron chi connectivity index (χ0n) is 12.8. The number of hydrogen-bond donors (Lipinski definition) is 4. The van der Waals surface area contributed by atoms with Crippen LogP contribution in [0.2, 0.25) is 0 Å². The normalized spacial score (nSPS) is 13.6. The maximum absolute atomic E-state index is 11.8. The number of H-pyrrole nitrogens is 1. The Balaban J connectivity index is 0.000000595. The molecule has 8 nitrogen and oxygen atoms in total. The lowest BCUT2D eigenvalue weighted by Gasteiger charge is -2.15. The molecule has 0 bridgehead atoms. The zero-order chi connectivity index (χ0) is 17.0. The Bertz CT molecular complexity index is 753. The smallest absolute Gasteiger partial charge is 0.253 e. The Morgan fingerprint density at radius 3 is 2.65 bits per heavy atom. The van der Waals surface area contributed by atoms with Crippen molar-refractivity contribution in [2.45, 2.75) is 12.8 Å². The number of primary amides is 2. The molecule has 8 heteroatoms. The highest BCUT2D eigenvalue weighted by atomic mass is 16.2. The van der Waals surface area contributed by atoms with E-state index >= 15 is 0 Å². The minimum Gasteiger partial charge on any atom is -0.374 e. The molecule has 1 fully saturated rings. The minimum absolute atomic E-state index is 0.139. The van der Waals surface area contributed by atoms with Crippen molar-refractivity contribution in [1.82, 2.24) is 4.98 Å². The van der Waals surface area contributed by atoms with E-state index in [1.165, 1.54) is 0 Å². The van der Waals surface area contributed by atoms with Gasteiger partial charge in [-0.2, -0.15) is 0 Å². The van der Waals surface area contributed by atoms with Crippen molar-refractivity contribution in [1.29, 1.82) is 0 Å². The highest BCUT2D eigenvalue weighted by Crippen LogP contribution is 2.30. The number of rotatable bonds is 3. The molecular weight excluding hydrogens is 298 g/mol. The number of nitrogens with one attached hydrogen (secondary N) is 2. The van der Waals surface area contributed by atoms with E-state index in [4.69, 9.17) is 10.5 Å². The van der Waals surface area contributed by atoms with E-state index in [1.54, 1.807) is 11.9 Å². The van der Waals surface area contributed by atoms with Crippen molar-refractivity contribution < 1.29 is 14.4 Å². The summed E-state index contributed by atoms with van der Waals surface area (Å²) < 4.78 is 0. The predicted molar refractivity (Wildman–Crippen MR) is 88.2 cm³/mol. The number of amides is 3. The molecule has 0 aliphatic carbocycles. The molecule has 3 rings (SSSR count). The van der Waals surface area contributed by atoms with Gasteiger partial charge in [-0.3, -0.25) is 14.4 Å². The van der Waals surface area contributed by atoms with Crippen molar-refractivity contribution in [3.8, 4) is 0 Å². The third kappa shape index (κ3) is 3.10. The van der Waals surface area contributed by atoms with E-state index in [0.29, 0.717) is 17.8 Å². The molecule has 6 N–H and O–H groups in total. The van der Waals surface area contributed by atoms with Gasteiger partial charge in [0.25, 0.3) is 5.91 Å². The van der Waals surface area contributed by atoms with Gasteiger partial charge in [0.05, 0.1) is 5.56 Å². The fourth-order valence-electron chi connectivity index (χ4n) is 2.72. The first-order chi connectivity index (χ1) is 11.0. The second kappa shape index (κ2) is 6.82. The summed E-state index contributed by atoms with van der Waals surface area (Å²) in [5.41, 5.74) is 11.7. The van der Waals surface area contributed by atoms with Gasteiger partial charge in [0.1, 0.15) is 5.82 Å². The van der Waals surface area contributed by atoms with Crippen LogP contribution in [0.3, 0.4) is 0 Å². The summed E-state index contributed by atoms with van der Waals surface area (Å²) in [5.74, 6) is 0.253. The second-order valence-electron chi connectivity index (χ2n) is 5.00. The van der Waals surface area contributed by atoms with Crippen LogP contribution in [0.5, 0.6) is 0 Å². The number of aromatic nitrogens is 1. The number of hydrogen-bond acceptors (Lipinski definition) is 4. The Hall–Kier alpha value is -3.03. The van der Waals surface area contributed by atoms with Gasteiger partial charge >= 0.3 is 0 Å². The largest absolute Gasteiger partial charge is 0.374 e. The van der Waals surface area contributed by atoms with Crippen molar-refractivity contribution in [3.63, 3.8) is 0 Å². The van der Waals surface area contributed by atoms with Gasteiger partial charge in [0.2, 0.25) is 12.3 Å². The molecule has 0 saturated carbocycles. The van der Waals surface area contributed by atoms with Crippen molar-refractivity contribution in [2.24, 2.45) is 11.5 Å². The van der Waals surface area contributed by atoms with Crippen LogP contribution in [0.4, 0.5) is 11.5 Å². The van der Waals surface area contributed by atoms with Gasteiger partial charge in [-0.15, -0.1) is 0 Å². The van der Waals surface area contributed by atoms with Gasteiger partial charge in [0, 0.05) is 36.6 Å². The molecule has 23 heavy (non-hydrogen) atoms. The zero-order valence-corrected chi connectivity index (χ0v) is 12.8. The lowest BCUT2D eigenvalue weighted by molar-refractivity contribution is -0.117. The monoisotopic (exact) mass is 317 g/mol. The van der Waals surface area contributed by atoms with E-state index < -0.39 is 5.91 Å². The predicted octanol–water partition coefficient (Wildman–Crippen LogP) is 0.537. The van der Waals surface area contributed by atoms with Crippen molar-refractivity contribution in [2.75, 3.05) is 23.8 Å². The molecule has 1 aliphatic rings. The molecule has 1 saturated heterocycles. The highest BCUT2D eigenvalue weighted by Gasteiger charge is 2.23. The molecule has 1 aliphatic heterocycles. The number of aromatic amines is 1. The van der Waals surface area contributed by atoms with Crippen molar-refractivity contribution >= 4 is 40.6 Å². The van der Waals surface area contributed by atoms with Gasteiger partial charge < -0.3 is 26.7 Å². The molecule has 3 amide bonds. The highest BCUT2D eigenvalue weighted by molar-refractivity contribution is 6.11. The Morgan fingerprint density at radius 1 is 1.43 bits per heavy atom. The maximum Gasteiger partial charge on any atom is 0.253 e. The van der Waals surface area contributed by atoms with Crippen LogP contribution >= 0.6 is 0 Å². The number of carbonyl (C=O) groups excluding carboxylic acids is 3. The Labute approximate surface area is 132 Å². The Kier molecular flexibility index (Phi) is 4.85. The molecule has 0 unspecified atom stereocenters. The lowest BCUT2D eigenvalue weighted by Crippen LogP contribution is -2.23. The molecule has 2 heterocycles. The average Bonchev–Trinajstić information content (AvgIpc) is 3.10. The Morgan fingerprint density at radius 2 is 2.13 bits per heavy atom. The number of carbonyl (C=O) groups is 3. The van der Waals surface area contributed by atoms with E-state index in [2.05, 4.69) is 16.0 Å². The summed E-state index contributed by atoms with van der Waals surface area (Å²) in [6, 6.07) is 5.56. The summed E-state index contributed by atoms with van der Waals surface area (Å²) in [7, 11) is 1.72.